The molecule has 0 aliphatic heterocycles. The molecule has 1 N–H and O–H groups in total. The largest absolute Gasteiger partial charge is 0.490 e. The van der Waals surface area contributed by atoms with Crippen molar-refractivity contribution in [1.29, 1.82) is 0 Å². The van der Waals surface area contributed by atoms with Crippen molar-refractivity contribution < 1.29 is 18.7 Å². The van der Waals surface area contributed by atoms with Crippen molar-refractivity contribution in [2.45, 2.75) is 6.92 Å². The number of benzene rings is 3. The fourth-order valence-electron chi connectivity index (χ4n) is 3.27. The Balaban J connectivity index is 1.50. The van der Waals surface area contributed by atoms with Gasteiger partial charge in [-0.15, -0.1) is 0 Å². The number of carbonyl (C=O) groups is 1. The van der Waals surface area contributed by atoms with Crippen LogP contribution in [0.4, 0.5) is 0 Å². The average molecular weight is 414 g/mol. The molecule has 0 spiro atoms. The number of nitrogens with zero attached hydrogens (tertiary/aromatic N) is 1. The summed E-state index contributed by atoms with van der Waals surface area (Å²) >= 11 is 0. The first-order valence-corrected chi connectivity index (χ1v) is 9.95. The van der Waals surface area contributed by atoms with Crippen molar-refractivity contribution >= 4 is 33.9 Å². The average Bonchev–Trinajstić information content (AvgIpc) is 3.24. The van der Waals surface area contributed by atoms with Gasteiger partial charge in [0.05, 0.1) is 12.8 Å². The first-order valence-electron chi connectivity index (χ1n) is 9.95. The lowest BCUT2D eigenvalue weighted by Gasteiger charge is -2.11. The fraction of sp³-hybridized carbons (Fsp3) is 0.120. The van der Waals surface area contributed by atoms with E-state index in [0.29, 0.717) is 30.3 Å². The molecule has 6 heteroatoms. The van der Waals surface area contributed by atoms with Crippen LogP contribution in [0.25, 0.3) is 21.7 Å². The van der Waals surface area contributed by atoms with Crippen LogP contribution in [0.3, 0.4) is 0 Å². The minimum absolute atomic E-state index is 0.201. The second kappa shape index (κ2) is 9.17. The van der Waals surface area contributed by atoms with Crippen LogP contribution in [0.15, 0.2) is 82.8 Å². The van der Waals surface area contributed by atoms with Crippen molar-refractivity contribution in [1.82, 2.24) is 5.43 Å². The van der Waals surface area contributed by atoms with Gasteiger partial charge >= 0.3 is 5.91 Å². The normalized spacial score (nSPS) is 11.1. The zero-order chi connectivity index (χ0) is 21.6. The van der Waals surface area contributed by atoms with Gasteiger partial charge in [0.1, 0.15) is 12.2 Å². The molecule has 0 radical (unpaired) electrons. The van der Waals surface area contributed by atoms with Gasteiger partial charge in [-0.1, -0.05) is 43.0 Å². The van der Waals surface area contributed by atoms with E-state index in [4.69, 9.17) is 13.9 Å². The molecule has 1 aromatic heterocycles. The molecule has 0 aliphatic carbocycles. The highest BCUT2D eigenvalue weighted by molar-refractivity contribution is 6.08. The van der Waals surface area contributed by atoms with Crippen molar-refractivity contribution in [3.63, 3.8) is 0 Å². The molecular formula is C25H22N2O4. The van der Waals surface area contributed by atoms with Crippen LogP contribution in [0.5, 0.6) is 11.5 Å². The third-order valence-electron chi connectivity index (χ3n) is 4.65. The van der Waals surface area contributed by atoms with Gasteiger partial charge in [-0.3, -0.25) is 4.79 Å². The quantitative estimate of drug-likeness (QED) is 0.241. The Morgan fingerprint density at radius 1 is 1.06 bits per heavy atom. The van der Waals surface area contributed by atoms with Crippen LogP contribution in [0.1, 0.15) is 23.0 Å². The van der Waals surface area contributed by atoms with Crippen molar-refractivity contribution in [3.8, 4) is 11.5 Å². The van der Waals surface area contributed by atoms with Gasteiger partial charge < -0.3 is 13.9 Å². The first-order chi connectivity index (χ1) is 15.2. The summed E-state index contributed by atoms with van der Waals surface area (Å²) in [5, 5.41) is 7.06. The molecule has 156 valence electrons. The lowest BCUT2D eigenvalue weighted by Crippen LogP contribution is -2.16. The van der Waals surface area contributed by atoms with E-state index in [2.05, 4.69) is 17.1 Å². The zero-order valence-corrected chi connectivity index (χ0v) is 17.1. The Morgan fingerprint density at radius 2 is 1.94 bits per heavy atom. The lowest BCUT2D eigenvalue weighted by atomic mass is 10.1. The molecule has 31 heavy (non-hydrogen) atoms. The lowest BCUT2D eigenvalue weighted by molar-refractivity contribution is 0.0929. The standard InChI is InChI=1S/C25H22N2O4/c1-3-13-30-22-11-9-17(14-23(22)29-4-2)16-26-27-25(28)24-15-20-19-8-6-5-7-18(19)10-12-21(20)31-24/h3,5-12,14-16H,1,4,13H2,2H3,(H,27,28). The topological polar surface area (TPSA) is 73.1 Å². The monoisotopic (exact) mass is 414 g/mol. The molecule has 0 aliphatic rings. The van der Waals surface area contributed by atoms with Gasteiger partial charge in [-0.05, 0) is 53.6 Å². The molecule has 6 nitrogen and oxygen atoms in total. The van der Waals surface area contributed by atoms with Gasteiger partial charge in [-0.25, -0.2) is 5.43 Å². The van der Waals surface area contributed by atoms with E-state index >= 15 is 0 Å². The summed E-state index contributed by atoms with van der Waals surface area (Å²) in [4.78, 5) is 12.5. The SMILES string of the molecule is C=CCOc1ccc(C=NNC(=O)c2cc3c(ccc4ccccc43)o2)cc1OCC. The van der Waals surface area contributed by atoms with Gasteiger partial charge in [0.25, 0.3) is 0 Å². The third kappa shape index (κ3) is 4.43. The van der Waals surface area contributed by atoms with Gasteiger partial charge in [0.15, 0.2) is 17.3 Å². The second-order valence-electron chi connectivity index (χ2n) is 6.75. The van der Waals surface area contributed by atoms with E-state index in [1.807, 2.05) is 49.4 Å². The number of fused-ring (bicyclic) bond motifs is 3. The third-order valence-corrected chi connectivity index (χ3v) is 4.65. The van der Waals surface area contributed by atoms with E-state index in [1.165, 1.54) is 6.21 Å². The highest BCUT2D eigenvalue weighted by atomic mass is 16.5. The Kier molecular flexibility index (Phi) is 5.98. The maximum atomic E-state index is 12.5. The molecule has 1 heterocycles. The fourth-order valence-corrected chi connectivity index (χ4v) is 3.27. The van der Waals surface area contributed by atoms with Crippen LogP contribution in [0.2, 0.25) is 0 Å². The predicted molar refractivity (Wildman–Crippen MR) is 122 cm³/mol. The van der Waals surface area contributed by atoms with Crippen molar-refractivity contribution in [2.24, 2.45) is 5.10 Å². The number of ether oxygens (including phenoxy) is 2. The maximum absolute atomic E-state index is 12.5. The Morgan fingerprint density at radius 3 is 2.77 bits per heavy atom. The number of amides is 1. The highest BCUT2D eigenvalue weighted by Gasteiger charge is 2.13. The number of hydrogen-bond donors (Lipinski definition) is 1. The zero-order valence-electron chi connectivity index (χ0n) is 17.1. The molecule has 0 atom stereocenters. The number of hydrogen-bond acceptors (Lipinski definition) is 5. The van der Waals surface area contributed by atoms with Crippen LogP contribution in [0, 0.1) is 0 Å². The maximum Gasteiger partial charge on any atom is 0.307 e. The number of nitrogens with one attached hydrogen (secondary N) is 1. The van der Waals surface area contributed by atoms with Crippen LogP contribution in [-0.2, 0) is 0 Å². The molecule has 1 amide bonds. The van der Waals surface area contributed by atoms with E-state index < -0.39 is 5.91 Å². The van der Waals surface area contributed by atoms with Gasteiger partial charge in [0, 0.05) is 5.39 Å². The second-order valence-corrected chi connectivity index (χ2v) is 6.75. The molecule has 0 unspecified atom stereocenters. The summed E-state index contributed by atoms with van der Waals surface area (Å²) in [5.74, 6) is 1.00. The summed E-state index contributed by atoms with van der Waals surface area (Å²) < 4.78 is 16.9. The minimum Gasteiger partial charge on any atom is -0.490 e. The molecule has 0 saturated carbocycles. The summed E-state index contributed by atoms with van der Waals surface area (Å²) in [6.07, 6.45) is 3.21. The molecule has 0 bridgehead atoms. The Labute approximate surface area is 179 Å². The van der Waals surface area contributed by atoms with Crippen LogP contribution < -0.4 is 14.9 Å². The van der Waals surface area contributed by atoms with Gasteiger partial charge in [-0.2, -0.15) is 5.10 Å². The van der Waals surface area contributed by atoms with Crippen molar-refractivity contribution in [2.75, 3.05) is 13.2 Å². The first kappa shape index (κ1) is 20.2. The number of carbonyl (C=O) groups excluding carboxylic acids is 1. The molecule has 3 aromatic carbocycles. The van der Waals surface area contributed by atoms with E-state index in [0.717, 1.165) is 21.7 Å². The predicted octanol–water partition coefficient (Wildman–Crippen LogP) is 5.31. The minimum atomic E-state index is -0.424. The van der Waals surface area contributed by atoms with E-state index in [-0.39, 0.29) is 5.76 Å². The summed E-state index contributed by atoms with van der Waals surface area (Å²) in [7, 11) is 0. The highest BCUT2D eigenvalue weighted by Crippen LogP contribution is 2.29. The smallest absolute Gasteiger partial charge is 0.307 e. The number of furan rings is 1. The molecule has 0 saturated heterocycles. The summed E-state index contributed by atoms with van der Waals surface area (Å²) in [5.41, 5.74) is 3.92. The summed E-state index contributed by atoms with van der Waals surface area (Å²) in [6.45, 7) is 6.43. The summed E-state index contributed by atoms with van der Waals surface area (Å²) in [6, 6.07) is 19.0. The molecule has 0 fully saturated rings. The van der Waals surface area contributed by atoms with Crippen LogP contribution >= 0.6 is 0 Å². The van der Waals surface area contributed by atoms with Crippen molar-refractivity contribution in [3.05, 3.63) is 84.6 Å². The van der Waals surface area contributed by atoms with Gasteiger partial charge in [0.2, 0.25) is 0 Å². The van der Waals surface area contributed by atoms with E-state index in [9.17, 15) is 4.79 Å². The van der Waals surface area contributed by atoms with E-state index in [1.54, 1.807) is 24.3 Å². The molecule has 4 rings (SSSR count). The Bertz CT molecular complexity index is 1270. The number of hydrazone groups is 1. The Hall–Kier alpha value is -4.06. The van der Waals surface area contributed by atoms with Crippen LogP contribution in [-0.4, -0.2) is 25.3 Å². The number of rotatable bonds is 8. The molecular weight excluding hydrogens is 392 g/mol. The molecule has 4 aromatic rings.